The van der Waals surface area contributed by atoms with Gasteiger partial charge in [0.05, 0.1) is 12.6 Å². The molecule has 0 aliphatic rings. The highest BCUT2D eigenvalue weighted by atomic mass is 35.5. The highest BCUT2D eigenvalue weighted by Gasteiger charge is 2.28. The average Bonchev–Trinajstić information content (AvgIpc) is 2.12. The molecule has 0 fully saturated rings. The standard InChI is InChI=1S/C6H13NO5.ClH/c7-3(1-8)5(11)6(12)4(10)2-9;/h1,3-6,9-12H,2,7H2;1H/t3-,4+,5-,6+;/m0./s1. The monoisotopic (exact) mass is 215 g/mol. The van der Waals surface area contributed by atoms with Crippen LogP contribution in [0.1, 0.15) is 0 Å². The fraction of sp³-hybridized carbons (Fsp3) is 0.833. The lowest BCUT2D eigenvalue weighted by Crippen LogP contribution is -2.49. The maximum Gasteiger partial charge on any atom is 0.139 e. The van der Waals surface area contributed by atoms with Gasteiger partial charge >= 0.3 is 0 Å². The molecule has 80 valence electrons. The maximum absolute atomic E-state index is 10.0. The topological polar surface area (TPSA) is 124 Å². The number of rotatable bonds is 5. The van der Waals surface area contributed by atoms with Crippen LogP contribution >= 0.6 is 12.4 Å². The lowest BCUT2D eigenvalue weighted by Gasteiger charge is -2.23. The maximum atomic E-state index is 10.0. The Hall–Kier alpha value is -0.240. The summed E-state index contributed by atoms with van der Waals surface area (Å²) in [5, 5.41) is 35.2. The zero-order valence-electron chi connectivity index (χ0n) is 6.78. The van der Waals surface area contributed by atoms with Crippen LogP contribution in [-0.2, 0) is 4.79 Å². The third-order valence-corrected chi connectivity index (χ3v) is 1.48. The molecule has 0 aliphatic carbocycles. The first kappa shape index (κ1) is 15.2. The molecule has 0 aromatic carbocycles. The number of aliphatic hydroxyl groups is 4. The molecule has 13 heavy (non-hydrogen) atoms. The summed E-state index contributed by atoms with van der Waals surface area (Å²) < 4.78 is 0. The van der Waals surface area contributed by atoms with Crippen molar-refractivity contribution in [2.24, 2.45) is 5.73 Å². The highest BCUT2D eigenvalue weighted by Crippen LogP contribution is 2.01. The minimum Gasteiger partial charge on any atom is -0.394 e. The first-order chi connectivity index (χ1) is 5.54. The summed E-state index contributed by atoms with van der Waals surface area (Å²) in [5.41, 5.74) is 5.04. The number of carbonyl (C=O) groups excluding carboxylic acids is 1. The van der Waals surface area contributed by atoms with Gasteiger partial charge in [0.2, 0.25) is 0 Å². The van der Waals surface area contributed by atoms with E-state index >= 15 is 0 Å². The minimum atomic E-state index is -1.62. The molecule has 0 unspecified atom stereocenters. The third kappa shape index (κ3) is 4.51. The number of hydrogen-bond donors (Lipinski definition) is 5. The fourth-order valence-corrected chi connectivity index (χ4v) is 0.644. The van der Waals surface area contributed by atoms with Crippen molar-refractivity contribution >= 4 is 18.7 Å². The number of aldehydes is 1. The molecule has 0 aromatic rings. The Morgan fingerprint density at radius 3 is 2.00 bits per heavy atom. The van der Waals surface area contributed by atoms with Crippen LogP contribution in [-0.4, -0.2) is 57.7 Å². The van der Waals surface area contributed by atoms with Crippen LogP contribution in [0.5, 0.6) is 0 Å². The lowest BCUT2D eigenvalue weighted by molar-refractivity contribution is -0.118. The molecule has 0 saturated heterocycles. The van der Waals surface area contributed by atoms with E-state index in [0.717, 1.165) is 0 Å². The van der Waals surface area contributed by atoms with Gasteiger partial charge in [-0.05, 0) is 0 Å². The third-order valence-electron chi connectivity index (χ3n) is 1.48. The predicted octanol–water partition coefficient (Wildman–Crippen LogP) is -2.99. The van der Waals surface area contributed by atoms with Gasteiger partial charge in [0.15, 0.2) is 0 Å². The lowest BCUT2D eigenvalue weighted by atomic mass is 10.0. The number of carbonyl (C=O) groups is 1. The molecule has 0 saturated carbocycles. The molecule has 0 radical (unpaired) electrons. The molecule has 0 bridgehead atoms. The number of nitrogens with two attached hydrogens (primary N) is 1. The van der Waals surface area contributed by atoms with Gasteiger partial charge in [-0.25, -0.2) is 0 Å². The molecule has 0 aromatic heterocycles. The summed E-state index contributed by atoms with van der Waals surface area (Å²) >= 11 is 0. The molecule has 0 amide bonds. The Balaban J connectivity index is 0. The summed E-state index contributed by atoms with van der Waals surface area (Å²) in [6.07, 6.45) is -4.43. The van der Waals surface area contributed by atoms with Gasteiger partial charge in [-0.15, -0.1) is 12.4 Å². The summed E-state index contributed by atoms with van der Waals surface area (Å²) in [6, 6.07) is -1.26. The van der Waals surface area contributed by atoms with E-state index in [0.29, 0.717) is 0 Å². The number of hydrogen-bond acceptors (Lipinski definition) is 6. The summed E-state index contributed by atoms with van der Waals surface area (Å²) in [5.74, 6) is 0. The van der Waals surface area contributed by atoms with Gasteiger partial charge in [0, 0.05) is 0 Å². The Kier molecular flexibility index (Phi) is 8.43. The molecule has 6 nitrogen and oxygen atoms in total. The Morgan fingerprint density at radius 2 is 1.69 bits per heavy atom. The molecule has 6 N–H and O–H groups in total. The van der Waals surface area contributed by atoms with Crippen molar-refractivity contribution in [3.63, 3.8) is 0 Å². The normalized spacial score (nSPS) is 19.5. The summed E-state index contributed by atoms with van der Waals surface area (Å²) in [7, 11) is 0. The second kappa shape index (κ2) is 7.19. The summed E-state index contributed by atoms with van der Waals surface area (Å²) in [4.78, 5) is 10.0. The van der Waals surface area contributed by atoms with Crippen LogP contribution in [0.4, 0.5) is 0 Å². The van der Waals surface area contributed by atoms with Crippen LogP contribution in [0.25, 0.3) is 0 Å². The first-order valence-electron chi connectivity index (χ1n) is 3.40. The predicted molar refractivity (Wildman–Crippen MR) is 46.4 cm³/mol. The SMILES string of the molecule is Cl.N[C@@H](C=O)[C@H](O)[C@H](O)[C@H](O)CO. The van der Waals surface area contributed by atoms with E-state index in [9.17, 15) is 4.79 Å². The quantitative estimate of drug-likeness (QED) is 0.312. The fourth-order valence-electron chi connectivity index (χ4n) is 0.644. The summed E-state index contributed by atoms with van der Waals surface area (Å²) in [6.45, 7) is -0.705. The number of aliphatic hydroxyl groups excluding tert-OH is 4. The number of halogens is 1. The Bertz CT molecular complexity index is 147. The molecule has 4 atom stereocenters. The molecular formula is C6H14ClNO5. The van der Waals surface area contributed by atoms with Crippen LogP contribution in [0, 0.1) is 0 Å². The second-order valence-electron chi connectivity index (χ2n) is 2.44. The van der Waals surface area contributed by atoms with Crippen LogP contribution in [0.3, 0.4) is 0 Å². The van der Waals surface area contributed by atoms with E-state index < -0.39 is 31.0 Å². The molecular weight excluding hydrogens is 202 g/mol. The van der Waals surface area contributed by atoms with Gasteiger partial charge in [-0.2, -0.15) is 0 Å². The van der Waals surface area contributed by atoms with E-state index in [-0.39, 0.29) is 18.7 Å². The largest absolute Gasteiger partial charge is 0.394 e. The van der Waals surface area contributed by atoms with E-state index in [1.165, 1.54) is 0 Å². The minimum absolute atomic E-state index is 0. The molecule has 7 heteroatoms. The van der Waals surface area contributed by atoms with Crippen molar-refractivity contribution in [2.75, 3.05) is 6.61 Å². The van der Waals surface area contributed by atoms with E-state index in [4.69, 9.17) is 26.2 Å². The molecule has 0 aliphatic heterocycles. The molecule has 0 rings (SSSR count). The Morgan fingerprint density at radius 1 is 1.23 bits per heavy atom. The molecule has 0 spiro atoms. The van der Waals surface area contributed by atoms with Crippen LogP contribution < -0.4 is 5.73 Å². The van der Waals surface area contributed by atoms with Crippen molar-refractivity contribution in [1.82, 2.24) is 0 Å². The van der Waals surface area contributed by atoms with Crippen molar-refractivity contribution in [1.29, 1.82) is 0 Å². The zero-order chi connectivity index (χ0) is 9.72. The van der Waals surface area contributed by atoms with E-state index in [1.807, 2.05) is 0 Å². The van der Waals surface area contributed by atoms with Gasteiger partial charge in [-0.3, -0.25) is 0 Å². The first-order valence-corrected chi connectivity index (χ1v) is 3.40. The Labute approximate surface area is 81.4 Å². The van der Waals surface area contributed by atoms with Crippen molar-refractivity contribution < 1.29 is 25.2 Å². The van der Waals surface area contributed by atoms with Gasteiger partial charge in [0.1, 0.15) is 24.6 Å². The van der Waals surface area contributed by atoms with Crippen molar-refractivity contribution in [3.05, 3.63) is 0 Å². The van der Waals surface area contributed by atoms with Crippen LogP contribution in [0.2, 0.25) is 0 Å². The van der Waals surface area contributed by atoms with Gasteiger partial charge in [-0.1, -0.05) is 0 Å². The van der Waals surface area contributed by atoms with Gasteiger partial charge < -0.3 is 31.0 Å². The smallest absolute Gasteiger partial charge is 0.139 e. The van der Waals surface area contributed by atoms with E-state index in [1.54, 1.807) is 0 Å². The highest BCUT2D eigenvalue weighted by molar-refractivity contribution is 5.85. The van der Waals surface area contributed by atoms with Crippen molar-refractivity contribution in [2.45, 2.75) is 24.4 Å². The zero-order valence-corrected chi connectivity index (χ0v) is 7.59. The molecule has 0 heterocycles. The van der Waals surface area contributed by atoms with E-state index in [2.05, 4.69) is 0 Å². The van der Waals surface area contributed by atoms with Gasteiger partial charge in [0.25, 0.3) is 0 Å². The second-order valence-corrected chi connectivity index (χ2v) is 2.44. The van der Waals surface area contributed by atoms with Crippen LogP contribution in [0.15, 0.2) is 0 Å². The van der Waals surface area contributed by atoms with Crippen molar-refractivity contribution in [3.8, 4) is 0 Å². The average molecular weight is 216 g/mol.